The molecule has 5 nitrogen and oxygen atoms in total. The number of hydrogen-bond donors (Lipinski definition) is 1. The van der Waals surface area contributed by atoms with Gasteiger partial charge in [-0.15, -0.1) is 12.4 Å². The smallest absolute Gasteiger partial charge is 0.160 e. The van der Waals surface area contributed by atoms with Crippen LogP contribution in [0, 0.1) is 0 Å². The monoisotopic (exact) mass is 405 g/mol. The number of fused-ring (bicyclic) bond motifs is 1. The SMILES string of the molecule is CCOc1ccc(Cc2nccc3c2=CC(OCC)C(OCC)C=3)cc1O.Cl. The zero-order chi connectivity index (χ0) is 19.2. The summed E-state index contributed by atoms with van der Waals surface area (Å²) in [5.41, 5.74) is 1.93. The molecule has 3 rings (SSSR count). The van der Waals surface area contributed by atoms with Crippen LogP contribution in [0.15, 0.2) is 30.5 Å². The summed E-state index contributed by atoms with van der Waals surface area (Å²) in [6, 6.07) is 7.50. The van der Waals surface area contributed by atoms with Gasteiger partial charge >= 0.3 is 0 Å². The Bertz CT molecular complexity index is 900. The molecule has 1 heterocycles. The number of phenols is 1. The molecule has 0 radical (unpaired) electrons. The van der Waals surface area contributed by atoms with E-state index >= 15 is 0 Å². The lowest BCUT2D eigenvalue weighted by Crippen LogP contribution is -2.42. The maximum atomic E-state index is 10.1. The van der Waals surface area contributed by atoms with Gasteiger partial charge in [0.2, 0.25) is 0 Å². The summed E-state index contributed by atoms with van der Waals surface area (Å²) < 4.78 is 17.1. The fourth-order valence-corrected chi connectivity index (χ4v) is 3.36. The highest BCUT2D eigenvalue weighted by molar-refractivity contribution is 5.85. The molecule has 2 aromatic rings. The summed E-state index contributed by atoms with van der Waals surface area (Å²) in [6.07, 6.45) is 6.43. The maximum Gasteiger partial charge on any atom is 0.160 e. The lowest BCUT2D eigenvalue weighted by atomic mass is 9.99. The average molecular weight is 406 g/mol. The van der Waals surface area contributed by atoms with E-state index < -0.39 is 0 Å². The van der Waals surface area contributed by atoms with Gasteiger partial charge in [0.1, 0.15) is 12.2 Å². The fraction of sp³-hybridized carbons (Fsp3) is 0.409. The first-order chi connectivity index (χ1) is 13.2. The number of rotatable bonds is 8. The quantitative estimate of drug-likeness (QED) is 0.731. The minimum absolute atomic E-state index is 0. The molecule has 0 fully saturated rings. The van der Waals surface area contributed by atoms with Gasteiger partial charge in [-0.1, -0.05) is 6.07 Å². The third-order valence-electron chi connectivity index (χ3n) is 4.52. The van der Waals surface area contributed by atoms with Crippen LogP contribution in [0.25, 0.3) is 12.2 Å². The summed E-state index contributed by atoms with van der Waals surface area (Å²) in [7, 11) is 0. The van der Waals surface area contributed by atoms with Crippen LogP contribution in [0.5, 0.6) is 11.5 Å². The highest BCUT2D eigenvalue weighted by Crippen LogP contribution is 2.27. The number of benzene rings is 1. The van der Waals surface area contributed by atoms with E-state index in [2.05, 4.69) is 17.1 Å². The number of hydrogen-bond acceptors (Lipinski definition) is 5. The van der Waals surface area contributed by atoms with Crippen molar-refractivity contribution in [2.24, 2.45) is 0 Å². The number of pyridine rings is 1. The van der Waals surface area contributed by atoms with Gasteiger partial charge in [0.15, 0.2) is 11.5 Å². The van der Waals surface area contributed by atoms with Gasteiger partial charge in [0, 0.05) is 31.1 Å². The maximum absolute atomic E-state index is 10.1. The van der Waals surface area contributed by atoms with Gasteiger partial charge < -0.3 is 19.3 Å². The zero-order valence-electron chi connectivity index (χ0n) is 16.6. The summed E-state index contributed by atoms with van der Waals surface area (Å²) in [5.74, 6) is 0.651. The molecule has 2 atom stereocenters. The molecule has 0 aliphatic heterocycles. The second-order valence-electron chi connectivity index (χ2n) is 6.35. The molecular formula is C22H28ClNO4. The largest absolute Gasteiger partial charge is 0.504 e. The van der Waals surface area contributed by atoms with E-state index in [1.165, 1.54) is 0 Å². The number of aromatic nitrogens is 1. The van der Waals surface area contributed by atoms with Crippen molar-refractivity contribution in [1.29, 1.82) is 0 Å². The van der Waals surface area contributed by atoms with Crippen LogP contribution in [0.4, 0.5) is 0 Å². The Morgan fingerprint density at radius 1 is 0.964 bits per heavy atom. The average Bonchev–Trinajstić information content (AvgIpc) is 2.65. The minimum atomic E-state index is -0.126. The molecule has 0 saturated heterocycles. The first-order valence-electron chi connectivity index (χ1n) is 9.51. The Morgan fingerprint density at radius 3 is 2.32 bits per heavy atom. The van der Waals surface area contributed by atoms with Gasteiger partial charge in [-0.05, 0) is 61.9 Å². The predicted octanol–water partition coefficient (Wildman–Crippen LogP) is 2.58. The summed E-state index contributed by atoms with van der Waals surface area (Å²) in [4.78, 5) is 4.58. The van der Waals surface area contributed by atoms with Crippen molar-refractivity contribution in [2.45, 2.75) is 39.4 Å². The lowest BCUT2D eigenvalue weighted by Gasteiger charge is -2.24. The molecule has 1 aliphatic rings. The van der Waals surface area contributed by atoms with E-state index in [0.29, 0.717) is 32.0 Å². The molecule has 1 aromatic heterocycles. The number of nitrogens with zero attached hydrogens (tertiary/aromatic N) is 1. The van der Waals surface area contributed by atoms with Gasteiger partial charge in [-0.3, -0.25) is 4.98 Å². The first kappa shape index (κ1) is 22.2. The van der Waals surface area contributed by atoms with Gasteiger partial charge in [0.25, 0.3) is 0 Å². The molecule has 0 saturated carbocycles. The van der Waals surface area contributed by atoms with E-state index in [0.717, 1.165) is 21.7 Å². The van der Waals surface area contributed by atoms with Crippen LogP contribution in [-0.2, 0) is 15.9 Å². The van der Waals surface area contributed by atoms with Crippen molar-refractivity contribution < 1.29 is 19.3 Å². The summed E-state index contributed by atoms with van der Waals surface area (Å²) in [6.45, 7) is 7.64. The fourth-order valence-electron chi connectivity index (χ4n) is 3.36. The Morgan fingerprint density at radius 2 is 1.68 bits per heavy atom. The Kier molecular flexibility index (Phi) is 8.30. The number of ether oxygens (including phenoxy) is 3. The Hall–Kier alpha value is -2.08. The molecule has 1 aromatic carbocycles. The lowest BCUT2D eigenvalue weighted by molar-refractivity contribution is -0.00708. The standard InChI is InChI=1S/C22H27NO4.ClH/c1-4-25-20-8-7-15(12-19(20)24)11-18-17-14-22(27-6-3)21(26-5-2)13-16(17)9-10-23-18;/h7-10,12-14,21-22,24H,4-6,11H2,1-3H3;1H. The summed E-state index contributed by atoms with van der Waals surface area (Å²) >= 11 is 0. The van der Waals surface area contributed by atoms with E-state index in [-0.39, 0.29) is 30.4 Å². The molecule has 0 bridgehead atoms. The van der Waals surface area contributed by atoms with Crippen molar-refractivity contribution in [3.8, 4) is 11.5 Å². The second-order valence-corrected chi connectivity index (χ2v) is 6.35. The molecular weight excluding hydrogens is 378 g/mol. The molecule has 2 unspecified atom stereocenters. The second kappa shape index (κ2) is 10.5. The Labute approximate surface area is 172 Å². The van der Waals surface area contributed by atoms with Gasteiger partial charge in [-0.2, -0.15) is 0 Å². The minimum Gasteiger partial charge on any atom is -0.504 e. The molecule has 28 heavy (non-hydrogen) atoms. The van der Waals surface area contributed by atoms with Crippen LogP contribution in [0.2, 0.25) is 0 Å². The Balaban J connectivity index is 0.00000280. The van der Waals surface area contributed by atoms with Crippen molar-refractivity contribution in [2.75, 3.05) is 19.8 Å². The normalized spacial score (nSPS) is 17.7. The zero-order valence-corrected chi connectivity index (χ0v) is 17.4. The third-order valence-corrected chi connectivity index (χ3v) is 4.52. The molecule has 0 amide bonds. The van der Waals surface area contributed by atoms with E-state index in [9.17, 15) is 5.11 Å². The molecule has 1 aliphatic carbocycles. The van der Waals surface area contributed by atoms with Crippen molar-refractivity contribution >= 4 is 24.6 Å². The molecule has 6 heteroatoms. The number of halogens is 1. The van der Waals surface area contributed by atoms with E-state index in [1.54, 1.807) is 12.1 Å². The van der Waals surface area contributed by atoms with Crippen molar-refractivity contribution in [3.05, 3.63) is 52.2 Å². The van der Waals surface area contributed by atoms with Crippen LogP contribution < -0.4 is 15.2 Å². The topological polar surface area (TPSA) is 60.8 Å². The van der Waals surface area contributed by atoms with Crippen molar-refractivity contribution in [1.82, 2.24) is 4.98 Å². The van der Waals surface area contributed by atoms with E-state index in [1.807, 2.05) is 39.1 Å². The molecule has 1 N–H and O–H groups in total. The first-order valence-corrected chi connectivity index (χ1v) is 9.51. The van der Waals surface area contributed by atoms with Crippen LogP contribution >= 0.6 is 12.4 Å². The number of phenolic OH excluding ortho intramolecular Hbond substituents is 1. The van der Waals surface area contributed by atoms with Gasteiger partial charge in [-0.25, -0.2) is 0 Å². The van der Waals surface area contributed by atoms with Crippen LogP contribution in [-0.4, -0.2) is 42.1 Å². The van der Waals surface area contributed by atoms with Crippen LogP contribution in [0.3, 0.4) is 0 Å². The highest BCUT2D eigenvalue weighted by atomic mass is 35.5. The highest BCUT2D eigenvalue weighted by Gasteiger charge is 2.21. The molecule has 152 valence electrons. The van der Waals surface area contributed by atoms with Crippen LogP contribution in [0.1, 0.15) is 32.0 Å². The summed E-state index contributed by atoms with van der Waals surface area (Å²) in [5, 5.41) is 12.3. The van der Waals surface area contributed by atoms with E-state index in [4.69, 9.17) is 14.2 Å². The number of aromatic hydroxyl groups is 1. The molecule has 0 spiro atoms. The van der Waals surface area contributed by atoms with Gasteiger partial charge in [0.05, 0.1) is 12.3 Å². The van der Waals surface area contributed by atoms with Crippen molar-refractivity contribution in [3.63, 3.8) is 0 Å². The third kappa shape index (κ3) is 5.04. The predicted molar refractivity (Wildman–Crippen MR) is 113 cm³/mol.